The van der Waals surface area contributed by atoms with Crippen LogP contribution in [0.5, 0.6) is 0 Å². The van der Waals surface area contributed by atoms with Gasteiger partial charge in [0, 0.05) is 12.2 Å². The van der Waals surface area contributed by atoms with Gasteiger partial charge in [0.05, 0.1) is 24.2 Å². The quantitative estimate of drug-likeness (QED) is 0.883. The van der Waals surface area contributed by atoms with Gasteiger partial charge in [0.25, 0.3) is 0 Å². The molecule has 1 aliphatic heterocycles. The number of primary amides is 1. The van der Waals surface area contributed by atoms with Gasteiger partial charge in [-0.05, 0) is 35.7 Å². The molecule has 3 N–H and O–H groups in total. The molecule has 126 valence electrons. The van der Waals surface area contributed by atoms with Gasteiger partial charge in [-0.1, -0.05) is 30.3 Å². The molecular weight excluding hydrogens is 316 g/mol. The van der Waals surface area contributed by atoms with E-state index in [1.165, 1.54) is 0 Å². The molecule has 0 saturated carbocycles. The van der Waals surface area contributed by atoms with E-state index in [-0.39, 0.29) is 12.5 Å². The largest absolute Gasteiger partial charge is 0.368 e. The van der Waals surface area contributed by atoms with E-state index in [1.807, 2.05) is 30.3 Å². The summed E-state index contributed by atoms with van der Waals surface area (Å²) in [6, 6.07) is 16.1. The van der Waals surface area contributed by atoms with Crippen LogP contribution < -0.4 is 11.1 Å². The number of hydrogen-bond acceptors (Lipinski definition) is 4. The molecule has 3 rings (SSSR count). The van der Waals surface area contributed by atoms with Gasteiger partial charge < -0.3 is 11.1 Å². The van der Waals surface area contributed by atoms with Crippen molar-refractivity contribution in [2.24, 2.45) is 5.73 Å². The zero-order chi connectivity index (χ0) is 17.8. The average Bonchev–Trinajstić information content (AvgIpc) is 2.61. The fourth-order valence-corrected chi connectivity index (χ4v) is 3.08. The number of anilines is 1. The maximum absolute atomic E-state index is 12.4. The summed E-state index contributed by atoms with van der Waals surface area (Å²) in [6.07, 6.45) is 0.503. The summed E-state index contributed by atoms with van der Waals surface area (Å²) in [5.41, 5.74) is 8.74. The molecule has 0 fully saturated rings. The summed E-state index contributed by atoms with van der Waals surface area (Å²) < 4.78 is 0. The molecule has 6 heteroatoms. The second-order valence-corrected chi connectivity index (χ2v) is 6.04. The third-order valence-corrected chi connectivity index (χ3v) is 4.30. The Bertz CT molecular complexity index is 856. The van der Waals surface area contributed by atoms with Gasteiger partial charge in [-0.3, -0.25) is 14.5 Å². The molecular formula is C19H18N4O2. The van der Waals surface area contributed by atoms with Crippen LogP contribution in [0, 0.1) is 11.3 Å². The molecule has 0 unspecified atom stereocenters. The van der Waals surface area contributed by atoms with Crippen molar-refractivity contribution < 1.29 is 9.59 Å². The van der Waals surface area contributed by atoms with Gasteiger partial charge >= 0.3 is 0 Å². The number of nitrogens with two attached hydrogens (primary N) is 1. The van der Waals surface area contributed by atoms with E-state index in [0.29, 0.717) is 24.2 Å². The van der Waals surface area contributed by atoms with Crippen molar-refractivity contribution in [2.75, 3.05) is 11.9 Å². The summed E-state index contributed by atoms with van der Waals surface area (Å²) in [5, 5.41) is 11.7. The highest BCUT2D eigenvalue weighted by Gasteiger charge is 2.31. The number of hydrogen-bond donors (Lipinski definition) is 2. The number of fused-ring (bicyclic) bond motifs is 1. The Morgan fingerprint density at radius 3 is 2.68 bits per heavy atom. The van der Waals surface area contributed by atoms with E-state index >= 15 is 0 Å². The molecule has 0 aromatic heterocycles. The fourth-order valence-electron chi connectivity index (χ4n) is 3.08. The van der Waals surface area contributed by atoms with Gasteiger partial charge in [-0.15, -0.1) is 0 Å². The van der Waals surface area contributed by atoms with Crippen LogP contribution in [-0.2, 0) is 22.6 Å². The summed E-state index contributed by atoms with van der Waals surface area (Å²) in [6.45, 7) is 0.550. The van der Waals surface area contributed by atoms with Crippen molar-refractivity contribution in [3.05, 3.63) is 65.2 Å². The lowest BCUT2D eigenvalue weighted by Gasteiger charge is -2.34. The Morgan fingerprint density at radius 1 is 1.20 bits per heavy atom. The molecule has 0 spiro atoms. The van der Waals surface area contributed by atoms with E-state index in [9.17, 15) is 9.59 Å². The van der Waals surface area contributed by atoms with Gasteiger partial charge in [0.1, 0.15) is 0 Å². The number of rotatable bonds is 4. The van der Waals surface area contributed by atoms with Crippen molar-refractivity contribution in [3.63, 3.8) is 0 Å². The number of nitrogens with zero attached hydrogens (tertiary/aromatic N) is 2. The number of carbonyl (C=O) groups is 2. The number of benzene rings is 2. The van der Waals surface area contributed by atoms with Crippen LogP contribution in [0.2, 0.25) is 0 Å². The average molecular weight is 334 g/mol. The first-order valence-electron chi connectivity index (χ1n) is 7.97. The minimum absolute atomic E-state index is 0.0543. The highest BCUT2D eigenvalue weighted by molar-refractivity contribution is 5.93. The standard InChI is InChI=1S/C19H18N4O2/c20-10-13-4-3-7-16(8-13)22-18(24)12-23-11-15-6-2-1-5-14(15)9-17(23)19(21)25/h1-8,17H,9,11-12H2,(H2,21,25)(H,22,24)/t17-/m0/s1. The van der Waals surface area contributed by atoms with Crippen molar-refractivity contribution in [1.29, 1.82) is 5.26 Å². The van der Waals surface area contributed by atoms with Crippen LogP contribution in [0.25, 0.3) is 0 Å². The maximum atomic E-state index is 12.4. The molecule has 1 heterocycles. The first kappa shape index (κ1) is 16.7. The number of amides is 2. The summed E-state index contributed by atoms with van der Waals surface area (Å²) >= 11 is 0. The lowest BCUT2D eigenvalue weighted by molar-refractivity contribution is -0.125. The van der Waals surface area contributed by atoms with Gasteiger partial charge in [-0.25, -0.2) is 0 Å². The zero-order valence-corrected chi connectivity index (χ0v) is 13.6. The van der Waals surface area contributed by atoms with E-state index in [0.717, 1.165) is 11.1 Å². The van der Waals surface area contributed by atoms with Crippen LogP contribution in [0.3, 0.4) is 0 Å². The molecule has 2 aromatic rings. The van der Waals surface area contributed by atoms with Crippen LogP contribution in [0.1, 0.15) is 16.7 Å². The van der Waals surface area contributed by atoms with Gasteiger partial charge in [-0.2, -0.15) is 5.26 Å². The Labute approximate surface area is 145 Å². The number of carbonyl (C=O) groups excluding carboxylic acids is 2. The second-order valence-electron chi connectivity index (χ2n) is 6.04. The molecule has 1 atom stereocenters. The normalized spacial score (nSPS) is 16.5. The molecule has 25 heavy (non-hydrogen) atoms. The fraction of sp³-hybridized carbons (Fsp3) is 0.211. The molecule has 0 aliphatic carbocycles. The highest BCUT2D eigenvalue weighted by Crippen LogP contribution is 2.23. The number of nitriles is 1. The second kappa shape index (κ2) is 7.16. The summed E-state index contributed by atoms with van der Waals surface area (Å²) in [5.74, 6) is -0.686. The van der Waals surface area contributed by atoms with E-state index < -0.39 is 11.9 Å². The van der Waals surface area contributed by atoms with Crippen LogP contribution >= 0.6 is 0 Å². The highest BCUT2D eigenvalue weighted by atomic mass is 16.2. The van der Waals surface area contributed by atoms with E-state index in [2.05, 4.69) is 5.32 Å². The molecule has 0 bridgehead atoms. The molecule has 1 aliphatic rings. The monoisotopic (exact) mass is 334 g/mol. The maximum Gasteiger partial charge on any atom is 0.238 e. The van der Waals surface area contributed by atoms with Crippen LogP contribution in [-0.4, -0.2) is 29.3 Å². The zero-order valence-electron chi connectivity index (χ0n) is 13.6. The molecule has 6 nitrogen and oxygen atoms in total. The third-order valence-electron chi connectivity index (χ3n) is 4.30. The van der Waals surface area contributed by atoms with Crippen molar-refractivity contribution in [2.45, 2.75) is 19.0 Å². The van der Waals surface area contributed by atoms with Crippen LogP contribution in [0.4, 0.5) is 5.69 Å². The Hall–Kier alpha value is -3.17. The first-order chi connectivity index (χ1) is 12.1. The minimum Gasteiger partial charge on any atom is -0.368 e. The molecule has 0 saturated heterocycles. The Balaban J connectivity index is 1.73. The predicted octanol–water partition coefficient (Wildman–Crippen LogP) is 1.41. The summed E-state index contributed by atoms with van der Waals surface area (Å²) in [7, 11) is 0. The van der Waals surface area contributed by atoms with Crippen molar-refractivity contribution >= 4 is 17.5 Å². The minimum atomic E-state index is -0.508. The first-order valence-corrected chi connectivity index (χ1v) is 7.97. The third kappa shape index (κ3) is 3.84. The molecule has 2 amide bonds. The SMILES string of the molecule is N#Cc1cccc(NC(=O)CN2Cc3ccccc3C[C@H]2C(N)=O)c1. The molecule has 0 radical (unpaired) electrons. The van der Waals surface area contributed by atoms with Gasteiger partial charge in [0.15, 0.2) is 0 Å². The lowest BCUT2D eigenvalue weighted by atomic mass is 9.93. The molecule has 2 aromatic carbocycles. The Morgan fingerprint density at radius 2 is 1.96 bits per heavy atom. The van der Waals surface area contributed by atoms with Crippen molar-refractivity contribution in [3.8, 4) is 6.07 Å². The van der Waals surface area contributed by atoms with Gasteiger partial charge in [0.2, 0.25) is 11.8 Å². The van der Waals surface area contributed by atoms with Crippen LogP contribution in [0.15, 0.2) is 48.5 Å². The Kier molecular flexibility index (Phi) is 4.78. The number of nitrogens with one attached hydrogen (secondary N) is 1. The lowest BCUT2D eigenvalue weighted by Crippen LogP contribution is -2.50. The van der Waals surface area contributed by atoms with Crippen molar-refractivity contribution in [1.82, 2.24) is 4.90 Å². The summed E-state index contributed by atoms with van der Waals surface area (Å²) in [4.78, 5) is 26.0. The predicted molar refractivity (Wildman–Crippen MR) is 93.3 cm³/mol. The topological polar surface area (TPSA) is 99.2 Å². The van der Waals surface area contributed by atoms with E-state index in [1.54, 1.807) is 29.2 Å². The van der Waals surface area contributed by atoms with E-state index in [4.69, 9.17) is 11.0 Å². The smallest absolute Gasteiger partial charge is 0.238 e.